The molecule has 0 aliphatic heterocycles. The minimum absolute atomic E-state index is 0.504. The fourth-order valence-electron chi connectivity index (χ4n) is 2.09. The first kappa shape index (κ1) is 15.3. The average molecular weight is 261 g/mol. The highest BCUT2D eigenvalue weighted by Crippen LogP contribution is 2.22. The van der Waals surface area contributed by atoms with Crippen molar-refractivity contribution >= 4 is 17.7 Å². The molecular formula is C16H23NO2. The van der Waals surface area contributed by atoms with Crippen LogP contribution >= 0.6 is 0 Å². The maximum Gasteiger partial charge on any atom is 0.328 e. The Hall–Kier alpha value is -1.77. The molecule has 0 heterocycles. The van der Waals surface area contributed by atoms with Crippen LogP contribution in [-0.2, 0) is 4.79 Å². The topological polar surface area (TPSA) is 40.5 Å². The van der Waals surface area contributed by atoms with E-state index in [4.69, 9.17) is 5.11 Å². The summed E-state index contributed by atoms with van der Waals surface area (Å²) in [5.41, 5.74) is 3.21. The lowest BCUT2D eigenvalue weighted by Gasteiger charge is -2.27. The summed E-state index contributed by atoms with van der Waals surface area (Å²) in [6.45, 7) is 6.41. The van der Waals surface area contributed by atoms with Gasteiger partial charge in [-0.1, -0.05) is 19.4 Å². The first-order chi connectivity index (χ1) is 8.95. The summed E-state index contributed by atoms with van der Waals surface area (Å²) in [6.07, 6.45) is 5.14. The Kier molecular flexibility index (Phi) is 5.61. The zero-order chi connectivity index (χ0) is 14.4. The van der Waals surface area contributed by atoms with E-state index in [1.165, 1.54) is 18.2 Å². The Morgan fingerprint density at radius 1 is 1.47 bits per heavy atom. The number of aryl methyl sites for hydroxylation is 1. The van der Waals surface area contributed by atoms with Gasteiger partial charge in [-0.3, -0.25) is 0 Å². The molecule has 1 aromatic carbocycles. The molecule has 1 aromatic rings. The van der Waals surface area contributed by atoms with Crippen molar-refractivity contribution < 1.29 is 9.90 Å². The van der Waals surface area contributed by atoms with E-state index in [-0.39, 0.29) is 0 Å². The van der Waals surface area contributed by atoms with Crippen LogP contribution < -0.4 is 4.90 Å². The van der Waals surface area contributed by atoms with Gasteiger partial charge in [0.1, 0.15) is 0 Å². The number of benzene rings is 1. The molecule has 19 heavy (non-hydrogen) atoms. The summed E-state index contributed by atoms with van der Waals surface area (Å²) in [6, 6.07) is 6.62. The molecule has 0 aliphatic carbocycles. The van der Waals surface area contributed by atoms with Crippen molar-refractivity contribution in [3.63, 3.8) is 0 Å². The second-order valence-electron chi connectivity index (χ2n) is 4.96. The number of aliphatic carboxylic acids is 1. The van der Waals surface area contributed by atoms with E-state index in [2.05, 4.69) is 31.9 Å². The van der Waals surface area contributed by atoms with Gasteiger partial charge in [-0.15, -0.1) is 0 Å². The molecule has 0 radical (unpaired) electrons. The van der Waals surface area contributed by atoms with Crippen molar-refractivity contribution in [2.45, 2.75) is 39.7 Å². The lowest BCUT2D eigenvalue weighted by Crippen LogP contribution is -2.28. The molecule has 1 N–H and O–H groups in total. The molecule has 3 heteroatoms. The molecular weight excluding hydrogens is 238 g/mol. The molecule has 1 unspecified atom stereocenters. The Morgan fingerprint density at radius 3 is 2.68 bits per heavy atom. The predicted molar refractivity (Wildman–Crippen MR) is 80.6 cm³/mol. The van der Waals surface area contributed by atoms with Crippen LogP contribution in [0.1, 0.15) is 37.8 Å². The normalized spacial score (nSPS) is 12.6. The van der Waals surface area contributed by atoms with Gasteiger partial charge in [0.15, 0.2) is 0 Å². The summed E-state index contributed by atoms with van der Waals surface area (Å²) in [5, 5.41) is 8.65. The summed E-state index contributed by atoms with van der Waals surface area (Å²) in [4.78, 5) is 12.8. The van der Waals surface area contributed by atoms with E-state index in [1.54, 1.807) is 6.08 Å². The molecule has 0 spiro atoms. The van der Waals surface area contributed by atoms with Gasteiger partial charge in [0, 0.05) is 24.9 Å². The molecule has 0 aromatic heterocycles. The highest BCUT2D eigenvalue weighted by Gasteiger charge is 2.09. The summed E-state index contributed by atoms with van der Waals surface area (Å²) in [7, 11) is 2.10. The number of hydrogen-bond acceptors (Lipinski definition) is 2. The van der Waals surface area contributed by atoms with Gasteiger partial charge in [-0.2, -0.15) is 0 Å². The van der Waals surface area contributed by atoms with E-state index in [0.717, 1.165) is 17.5 Å². The lowest BCUT2D eigenvalue weighted by molar-refractivity contribution is -0.131. The number of carboxylic acid groups (broad SMARTS) is 1. The lowest BCUT2D eigenvalue weighted by atomic mass is 10.1. The van der Waals surface area contributed by atoms with Crippen molar-refractivity contribution in [3.05, 3.63) is 35.4 Å². The van der Waals surface area contributed by atoms with Crippen LogP contribution in [0.4, 0.5) is 5.69 Å². The number of carbonyl (C=O) groups is 1. The molecule has 0 aliphatic rings. The van der Waals surface area contributed by atoms with Gasteiger partial charge in [0.05, 0.1) is 0 Å². The molecule has 0 fully saturated rings. The number of carboxylic acids is 1. The van der Waals surface area contributed by atoms with E-state index >= 15 is 0 Å². The first-order valence-electron chi connectivity index (χ1n) is 6.70. The second kappa shape index (κ2) is 6.98. The minimum atomic E-state index is -0.919. The summed E-state index contributed by atoms with van der Waals surface area (Å²) in [5.74, 6) is -0.919. The van der Waals surface area contributed by atoms with Crippen molar-refractivity contribution in [1.29, 1.82) is 0 Å². The Bertz CT molecular complexity index is 466. The van der Waals surface area contributed by atoms with Crippen molar-refractivity contribution in [2.24, 2.45) is 0 Å². The van der Waals surface area contributed by atoms with E-state index < -0.39 is 5.97 Å². The minimum Gasteiger partial charge on any atom is -0.478 e. The second-order valence-corrected chi connectivity index (χ2v) is 4.96. The average Bonchev–Trinajstić information content (AvgIpc) is 2.36. The monoisotopic (exact) mass is 261 g/mol. The molecule has 0 saturated heterocycles. The molecule has 0 saturated carbocycles. The number of nitrogens with zero attached hydrogens (tertiary/aromatic N) is 1. The number of anilines is 1. The maximum absolute atomic E-state index is 10.5. The van der Waals surface area contributed by atoms with Crippen LogP contribution in [0.3, 0.4) is 0 Å². The fourth-order valence-corrected chi connectivity index (χ4v) is 2.09. The Balaban J connectivity index is 2.90. The molecule has 104 valence electrons. The van der Waals surface area contributed by atoms with Crippen LogP contribution in [0.25, 0.3) is 6.08 Å². The zero-order valence-electron chi connectivity index (χ0n) is 12.2. The summed E-state index contributed by atoms with van der Waals surface area (Å²) < 4.78 is 0. The highest BCUT2D eigenvalue weighted by molar-refractivity contribution is 5.85. The van der Waals surface area contributed by atoms with Gasteiger partial charge < -0.3 is 10.0 Å². The molecule has 3 nitrogen and oxygen atoms in total. The van der Waals surface area contributed by atoms with E-state index in [0.29, 0.717) is 6.04 Å². The van der Waals surface area contributed by atoms with Crippen molar-refractivity contribution in [1.82, 2.24) is 0 Å². The molecule has 0 amide bonds. The van der Waals surface area contributed by atoms with Gasteiger partial charge >= 0.3 is 5.97 Å². The third-order valence-corrected chi connectivity index (χ3v) is 3.43. The Morgan fingerprint density at radius 2 is 2.16 bits per heavy atom. The van der Waals surface area contributed by atoms with Gasteiger partial charge in [-0.25, -0.2) is 4.79 Å². The third kappa shape index (κ3) is 4.43. The SMILES string of the molecule is CCCC(C)N(C)c1ccc(C=CC(=O)O)c(C)c1. The quantitative estimate of drug-likeness (QED) is 0.793. The maximum atomic E-state index is 10.5. The van der Waals surface area contributed by atoms with Crippen LogP contribution in [-0.4, -0.2) is 24.2 Å². The Labute approximate surface area is 115 Å². The van der Waals surface area contributed by atoms with Crippen LogP contribution in [0, 0.1) is 6.92 Å². The van der Waals surface area contributed by atoms with Gasteiger partial charge in [-0.05, 0) is 49.6 Å². The number of rotatable bonds is 6. The van der Waals surface area contributed by atoms with Crippen LogP contribution in [0.5, 0.6) is 0 Å². The van der Waals surface area contributed by atoms with Crippen molar-refractivity contribution in [2.75, 3.05) is 11.9 Å². The summed E-state index contributed by atoms with van der Waals surface area (Å²) >= 11 is 0. The molecule has 0 bridgehead atoms. The smallest absolute Gasteiger partial charge is 0.328 e. The van der Waals surface area contributed by atoms with Gasteiger partial charge in [0.2, 0.25) is 0 Å². The largest absolute Gasteiger partial charge is 0.478 e. The van der Waals surface area contributed by atoms with Crippen molar-refractivity contribution in [3.8, 4) is 0 Å². The zero-order valence-corrected chi connectivity index (χ0v) is 12.2. The van der Waals surface area contributed by atoms with Gasteiger partial charge in [0.25, 0.3) is 0 Å². The first-order valence-corrected chi connectivity index (χ1v) is 6.70. The fraction of sp³-hybridized carbons (Fsp3) is 0.438. The van der Waals surface area contributed by atoms with E-state index in [9.17, 15) is 4.79 Å². The highest BCUT2D eigenvalue weighted by atomic mass is 16.4. The van der Waals surface area contributed by atoms with Crippen LogP contribution in [0.2, 0.25) is 0 Å². The standard InChI is InChI=1S/C16H23NO2/c1-5-6-13(3)17(4)15-9-7-14(12(2)11-15)8-10-16(18)19/h7-11,13H,5-6H2,1-4H3,(H,18,19). The number of hydrogen-bond donors (Lipinski definition) is 1. The third-order valence-electron chi connectivity index (χ3n) is 3.43. The predicted octanol–water partition coefficient (Wildman–Crippen LogP) is 3.72. The van der Waals surface area contributed by atoms with Crippen LogP contribution in [0.15, 0.2) is 24.3 Å². The molecule has 1 rings (SSSR count). The molecule has 1 atom stereocenters. The van der Waals surface area contributed by atoms with E-state index in [1.807, 2.05) is 19.1 Å².